The van der Waals surface area contributed by atoms with Crippen LogP contribution in [0.1, 0.15) is 46.5 Å². The standard InChI is InChI=1S/C21H28N2O.C2H4O2/c1-4-21(2,3)20(24)22-17-13-12-16-9-8-14-23(19(16)15-17)18-10-6-5-7-11-18;1-2(3)4/h4-7,10-11,15-17H,1,8-9,12-14H2,2-3H3,(H,22,24);1H3,(H,3,4). The molecule has 28 heavy (non-hydrogen) atoms. The topological polar surface area (TPSA) is 69.6 Å². The number of amides is 1. The highest BCUT2D eigenvalue weighted by Gasteiger charge is 2.32. The first-order valence-corrected chi connectivity index (χ1v) is 9.93. The number of hydrogen-bond acceptors (Lipinski definition) is 3. The second-order valence-corrected chi connectivity index (χ2v) is 8.02. The molecule has 0 radical (unpaired) electrons. The third kappa shape index (κ3) is 5.72. The highest BCUT2D eigenvalue weighted by Crippen LogP contribution is 2.37. The molecule has 1 saturated heterocycles. The molecule has 1 aliphatic carbocycles. The van der Waals surface area contributed by atoms with Crippen molar-refractivity contribution in [3.05, 3.63) is 54.8 Å². The van der Waals surface area contributed by atoms with Crippen LogP contribution in [-0.4, -0.2) is 29.6 Å². The molecular formula is C23H32N2O3. The number of piperidine rings is 1. The van der Waals surface area contributed by atoms with Crippen LogP contribution in [0.4, 0.5) is 5.69 Å². The fourth-order valence-corrected chi connectivity index (χ4v) is 3.63. The number of carboxylic acid groups (broad SMARTS) is 1. The molecule has 0 aromatic heterocycles. The van der Waals surface area contributed by atoms with Crippen molar-refractivity contribution in [2.24, 2.45) is 11.3 Å². The molecule has 0 saturated carbocycles. The van der Waals surface area contributed by atoms with Crippen LogP contribution in [0.3, 0.4) is 0 Å². The predicted molar refractivity (Wildman–Crippen MR) is 113 cm³/mol. The molecule has 5 nitrogen and oxygen atoms in total. The van der Waals surface area contributed by atoms with Gasteiger partial charge in [-0.15, -0.1) is 6.58 Å². The molecule has 1 aliphatic heterocycles. The van der Waals surface area contributed by atoms with Gasteiger partial charge in [-0.2, -0.15) is 0 Å². The van der Waals surface area contributed by atoms with Gasteiger partial charge in [0.1, 0.15) is 0 Å². The van der Waals surface area contributed by atoms with Gasteiger partial charge < -0.3 is 15.3 Å². The first kappa shape index (κ1) is 21.7. The Morgan fingerprint density at radius 2 is 1.86 bits per heavy atom. The second kappa shape index (κ2) is 9.58. The molecule has 2 aliphatic rings. The SMILES string of the molecule is C=CC(C)(C)C(=O)NC1C=C2C(CCCN2c2ccccc2)CC1.CC(=O)O. The van der Waals surface area contributed by atoms with Crippen LogP contribution in [0, 0.1) is 11.3 Å². The summed E-state index contributed by atoms with van der Waals surface area (Å²) in [6.45, 7) is 9.74. The number of aliphatic carboxylic acids is 1. The molecule has 1 fully saturated rings. The number of anilines is 1. The lowest BCUT2D eigenvalue weighted by Crippen LogP contribution is -2.45. The molecule has 2 atom stereocenters. The van der Waals surface area contributed by atoms with E-state index in [0.717, 1.165) is 26.3 Å². The Labute approximate surface area is 168 Å². The molecule has 1 aromatic carbocycles. The van der Waals surface area contributed by atoms with Gasteiger partial charge in [-0.1, -0.05) is 24.3 Å². The lowest BCUT2D eigenvalue weighted by Gasteiger charge is -2.41. The van der Waals surface area contributed by atoms with Crippen molar-refractivity contribution in [2.75, 3.05) is 11.4 Å². The van der Waals surface area contributed by atoms with E-state index in [4.69, 9.17) is 9.90 Å². The smallest absolute Gasteiger partial charge is 0.300 e. The lowest BCUT2D eigenvalue weighted by molar-refractivity contribution is -0.134. The van der Waals surface area contributed by atoms with Gasteiger partial charge in [0.15, 0.2) is 0 Å². The Kier molecular flexibility index (Phi) is 7.44. The van der Waals surface area contributed by atoms with Gasteiger partial charge in [-0.3, -0.25) is 9.59 Å². The van der Waals surface area contributed by atoms with E-state index in [1.54, 1.807) is 6.08 Å². The van der Waals surface area contributed by atoms with Crippen LogP contribution in [0.15, 0.2) is 54.8 Å². The van der Waals surface area contributed by atoms with Gasteiger partial charge >= 0.3 is 0 Å². The number of carbonyl (C=O) groups excluding carboxylic acids is 1. The maximum atomic E-state index is 12.5. The Morgan fingerprint density at radius 1 is 1.21 bits per heavy atom. The minimum atomic E-state index is -0.833. The van der Waals surface area contributed by atoms with Crippen molar-refractivity contribution in [1.29, 1.82) is 0 Å². The quantitative estimate of drug-likeness (QED) is 0.757. The number of carbonyl (C=O) groups is 2. The number of rotatable bonds is 4. The van der Waals surface area contributed by atoms with Crippen LogP contribution < -0.4 is 10.2 Å². The van der Waals surface area contributed by atoms with Crippen molar-refractivity contribution >= 4 is 17.6 Å². The summed E-state index contributed by atoms with van der Waals surface area (Å²) in [6, 6.07) is 10.7. The van der Waals surface area contributed by atoms with Gasteiger partial charge in [0, 0.05) is 30.9 Å². The Balaban J connectivity index is 0.000000640. The number of nitrogens with one attached hydrogen (secondary N) is 1. The third-order valence-corrected chi connectivity index (χ3v) is 5.34. The number of allylic oxidation sites excluding steroid dienone is 1. The number of para-hydroxylation sites is 1. The van der Waals surface area contributed by atoms with E-state index < -0.39 is 11.4 Å². The Morgan fingerprint density at radius 3 is 2.46 bits per heavy atom. The molecule has 2 unspecified atom stereocenters. The molecule has 3 rings (SSSR count). The first-order chi connectivity index (χ1) is 13.2. The van der Waals surface area contributed by atoms with Gasteiger partial charge in [-0.05, 0) is 63.7 Å². The number of carboxylic acids is 1. The molecule has 0 bridgehead atoms. The van der Waals surface area contributed by atoms with E-state index in [1.165, 1.54) is 24.2 Å². The van der Waals surface area contributed by atoms with Gasteiger partial charge in [-0.25, -0.2) is 0 Å². The van der Waals surface area contributed by atoms with Crippen molar-refractivity contribution in [3.63, 3.8) is 0 Å². The summed E-state index contributed by atoms with van der Waals surface area (Å²) in [6.07, 6.45) is 8.67. The first-order valence-electron chi connectivity index (χ1n) is 9.93. The minimum absolute atomic E-state index is 0.0554. The van der Waals surface area contributed by atoms with Crippen LogP contribution in [0.2, 0.25) is 0 Å². The van der Waals surface area contributed by atoms with E-state index in [0.29, 0.717) is 5.92 Å². The van der Waals surface area contributed by atoms with Crippen molar-refractivity contribution in [3.8, 4) is 0 Å². The number of nitrogens with zero attached hydrogens (tertiary/aromatic N) is 1. The highest BCUT2D eigenvalue weighted by molar-refractivity contribution is 5.84. The number of hydrogen-bond donors (Lipinski definition) is 2. The van der Waals surface area contributed by atoms with E-state index >= 15 is 0 Å². The molecule has 152 valence electrons. The summed E-state index contributed by atoms with van der Waals surface area (Å²) >= 11 is 0. The molecule has 1 amide bonds. The van der Waals surface area contributed by atoms with Crippen LogP contribution >= 0.6 is 0 Å². The Bertz CT molecular complexity index is 721. The molecule has 2 N–H and O–H groups in total. The predicted octanol–water partition coefficient (Wildman–Crippen LogP) is 4.37. The van der Waals surface area contributed by atoms with Gasteiger partial charge in [0.25, 0.3) is 5.97 Å². The summed E-state index contributed by atoms with van der Waals surface area (Å²) in [5.74, 6) is -0.153. The average molecular weight is 385 g/mol. The van der Waals surface area contributed by atoms with E-state index in [-0.39, 0.29) is 11.9 Å². The molecule has 1 aromatic rings. The zero-order chi connectivity index (χ0) is 20.7. The number of benzene rings is 1. The molecule has 5 heteroatoms. The summed E-state index contributed by atoms with van der Waals surface area (Å²) < 4.78 is 0. The van der Waals surface area contributed by atoms with E-state index in [1.807, 2.05) is 13.8 Å². The zero-order valence-corrected chi connectivity index (χ0v) is 17.1. The molecule has 0 spiro atoms. The maximum Gasteiger partial charge on any atom is 0.300 e. The summed E-state index contributed by atoms with van der Waals surface area (Å²) in [5.41, 5.74) is 2.12. The number of fused-ring (bicyclic) bond motifs is 1. The monoisotopic (exact) mass is 384 g/mol. The fraction of sp³-hybridized carbons (Fsp3) is 0.478. The zero-order valence-electron chi connectivity index (χ0n) is 17.1. The van der Waals surface area contributed by atoms with Crippen molar-refractivity contribution in [2.45, 2.75) is 52.5 Å². The van der Waals surface area contributed by atoms with Crippen LogP contribution in [0.25, 0.3) is 0 Å². The summed E-state index contributed by atoms with van der Waals surface area (Å²) in [5, 5.41) is 10.6. The van der Waals surface area contributed by atoms with Crippen LogP contribution in [0.5, 0.6) is 0 Å². The molecular weight excluding hydrogens is 352 g/mol. The van der Waals surface area contributed by atoms with Crippen molar-refractivity contribution < 1.29 is 14.7 Å². The lowest BCUT2D eigenvalue weighted by atomic mass is 9.82. The van der Waals surface area contributed by atoms with E-state index in [9.17, 15) is 4.79 Å². The van der Waals surface area contributed by atoms with Crippen molar-refractivity contribution in [1.82, 2.24) is 5.32 Å². The van der Waals surface area contributed by atoms with Crippen LogP contribution in [-0.2, 0) is 9.59 Å². The summed E-state index contributed by atoms with van der Waals surface area (Å²) in [4.78, 5) is 23.9. The second-order valence-electron chi connectivity index (χ2n) is 8.02. The normalized spacial score (nSPS) is 21.4. The van der Waals surface area contributed by atoms with Gasteiger partial charge in [0.05, 0.1) is 5.41 Å². The largest absolute Gasteiger partial charge is 0.481 e. The third-order valence-electron chi connectivity index (χ3n) is 5.34. The maximum absolute atomic E-state index is 12.5. The van der Waals surface area contributed by atoms with Gasteiger partial charge in [0.2, 0.25) is 5.91 Å². The van der Waals surface area contributed by atoms with E-state index in [2.05, 4.69) is 53.2 Å². The summed E-state index contributed by atoms with van der Waals surface area (Å²) in [7, 11) is 0. The minimum Gasteiger partial charge on any atom is -0.481 e. The molecule has 1 heterocycles. The highest BCUT2D eigenvalue weighted by atomic mass is 16.4. The average Bonchev–Trinajstić information content (AvgIpc) is 2.67. The Hall–Kier alpha value is -2.56. The fourth-order valence-electron chi connectivity index (χ4n) is 3.63.